The van der Waals surface area contributed by atoms with Crippen LogP contribution in [0.3, 0.4) is 0 Å². The molecule has 0 atom stereocenters. The summed E-state index contributed by atoms with van der Waals surface area (Å²) in [4.78, 5) is 1.26. The predicted molar refractivity (Wildman–Crippen MR) is 39.3 cm³/mol. The van der Waals surface area contributed by atoms with Crippen molar-refractivity contribution < 1.29 is 4.74 Å². The third-order valence-electron chi connectivity index (χ3n) is 0.969. The minimum atomic E-state index is 0.553. The Kier molecular flexibility index (Phi) is 2.74. The fourth-order valence-electron chi connectivity index (χ4n) is 0.567. The highest BCUT2D eigenvalue weighted by Gasteiger charge is 1.89. The molecule has 0 unspecified atom stereocenters. The Morgan fingerprint density at radius 3 is 3.11 bits per heavy atom. The quantitative estimate of drug-likeness (QED) is 0.626. The molecule has 0 saturated carbocycles. The normalized spacial score (nSPS) is 9.89. The Morgan fingerprint density at radius 1 is 1.67 bits per heavy atom. The summed E-state index contributed by atoms with van der Waals surface area (Å²) in [6.07, 6.45) is 0. The molecule has 1 radical (unpaired) electrons. The highest BCUT2D eigenvalue weighted by atomic mass is 32.1. The van der Waals surface area contributed by atoms with E-state index in [-0.39, 0.29) is 0 Å². The second kappa shape index (κ2) is 3.64. The van der Waals surface area contributed by atoms with Gasteiger partial charge in [-0.15, -0.1) is 11.3 Å². The molecule has 1 aromatic rings. The van der Waals surface area contributed by atoms with Gasteiger partial charge in [0.1, 0.15) is 0 Å². The van der Waals surface area contributed by atoms with E-state index in [4.69, 9.17) is 4.74 Å². The fraction of sp³-hybridized carbons (Fsp3) is 0.286. The van der Waals surface area contributed by atoms with Gasteiger partial charge in [0.25, 0.3) is 0 Å². The van der Waals surface area contributed by atoms with Gasteiger partial charge in [-0.25, -0.2) is 0 Å². The molecule has 0 aliphatic carbocycles. The van der Waals surface area contributed by atoms with E-state index in [2.05, 4.69) is 13.0 Å². The van der Waals surface area contributed by atoms with Crippen LogP contribution in [0.5, 0.6) is 0 Å². The number of hydrogen-bond acceptors (Lipinski definition) is 2. The van der Waals surface area contributed by atoms with Gasteiger partial charge in [-0.3, -0.25) is 0 Å². The standard InChI is InChI=1S/C7H9OS/c1-2-8-6-7-4-3-5-9-7/h3-5H,1-2,6H2. The summed E-state index contributed by atoms with van der Waals surface area (Å²) >= 11 is 1.71. The molecule has 1 heterocycles. The van der Waals surface area contributed by atoms with Crippen LogP contribution in [0.25, 0.3) is 0 Å². The first-order chi connectivity index (χ1) is 4.43. The second-order valence-electron chi connectivity index (χ2n) is 1.63. The summed E-state index contributed by atoms with van der Waals surface area (Å²) in [5.41, 5.74) is 0. The Bertz CT molecular complexity index is 146. The molecule has 0 spiro atoms. The molecule has 0 bridgehead atoms. The lowest BCUT2D eigenvalue weighted by atomic mass is 10.5. The van der Waals surface area contributed by atoms with Crippen molar-refractivity contribution in [2.24, 2.45) is 0 Å². The van der Waals surface area contributed by atoms with Crippen LogP contribution in [0.1, 0.15) is 4.88 Å². The number of thiophene rings is 1. The number of hydrogen-bond donors (Lipinski definition) is 0. The van der Waals surface area contributed by atoms with Crippen molar-refractivity contribution in [3.63, 3.8) is 0 Å². The maximum absolute atomic E-state index is 5.08. The maximum Gasteiger partial charge on any atom is 0.0809 e. The van der Waals surface area contributed by atoms with Crippen molar-refractivity contribution in [2.45, 2.75) is 6.61 Å². The molecular weight excluding hydrogens is 132 g/mol. The van der Waals surface area contributed by atoms with Crippen molar-refractivity contribution in [2.75, 3.05) is 6.61 Å². The zero-order valence-electron chi connectivity index (χ0n) is 5.17. The first-order valence-corrected chi connectivity index (χ1v) is 3.71. The van der Waals surface area contributed by atoms with Crippen molar-refractivity contribution >= 4 is 11.3 Å². The first-order valence-electron chi connectivity index (χ1n) is 2.83. The van der Waals surface area contributed by atoms with Crippen LogP contribution in [0.15, 0.2) is 17.5 Å². The van der Waals surface area contributed by atoms with E-state index in [0.717, 1.165) is 0 Å². The Balaban J connectivity index is 2.30. The van der Waals surface area contributed by atoms with Gasteiger partial charge in [0.05, 0.1) is 6.61 Å². The van der Waals surface area contributed by atoms with Crippen LogP contribution < -0.4 is 0 Å². The summed E-state index contributed by atoms with van der Waals surface area (Å²) in [5, 5.41) is 2.04. The molecule has 0 aliphatic rings. The van der Waals surface area contributed by atoms with Crippen LogP contribution in [-0.4, -0.2) is 6.61 Å². The average Bonchev–Trinajstić information content (AvgIpc) is 2.34. The van der Waals surface area contributed by atoms with E-state index in [9.17, 15) is 0 Å². The lowest BCUT2D eigenvalue weighted by Gasteiger charge is -1.94. The van der Waals surface area contributed by atoms with Crippen molar-refractivity contribution in [3.8, 4) is 0 Å². The maximum atomic E-state index is 5.08. The summed E-state index contributed by atoms with van der Waals surface area (Å²) in [5.74, 6) is 0. The van der Waals surface area contributed by atoms with Crippen molar-refractivity contribution in [1.29, 1.82) is 0 Å². The van der Waals surface area contributed by atoms with Crippen LogP contribution >= 0.6 is 11.3 Å². The zero-order valence-corrected chi connectivity index (χ0v) is 5.99. The van der Waals surface area contributed by atoms with Gasteiger partial charge in [-0.05, 0) is 18.4 Å². The fourth-order valence-corrected chi connectivity index (χ4v) is 1.21. The van der Waals surface area contributed by atoms with Gasteiger partial charge in [0.2, 0.25) is 0 Å². The van der Waals surface area contributed by atoms with Gasteiger partial charge in [-0.2, -0.15) is 0 Å². The number of ether oxygens (including phenoxy) is 1. The molecule has 0 aromatic carbocycles. The van der Waals surface area contributed by atoms with E-state index >= 15 is 0 Å². The zero-order chi connectivity index (χ0) is 6.53. The molecule has 0 aliphatic heterocycles. The molecule has 1 rings (SSSR count). The molecule has 9 heavy (non-hydrogen) atoms. The van der Waals surface area contributed by atoms with Gasteiger partial charge < -0.3 is 4.74 Å². The molecule has 2 heteroatoms. The van der Waals surface area contributed by atoms with E-state index in [1.165, 1.54) is 4.88 Å². The number of rotatable bonds is 3. The second-order valence-corrected chi connectivity index (χ2v) is 2.66. The first kappa shape index (κ1) is 6.78. The summed E-state index contributed by atoms with van der Waals surface area (Å²) < 4.78 is 5.08. The van der Waals surface area contributed by atoms with Gasteiger partial charge >= 0.3 is 0 Å². The average molecular weight is 141 g/mol. The van der Waals surface area contributed by atoms with E-state index in [0.29, 0.717) is 13.2 Å². The Labute approximate surface area is 59.3 Å². The predicted octanol–water partition coefficient (Wildman–Crippen LogP) is 2.10. The molecule has 1 nitrogen and oxygen atoms in total. The molecule has 0 fully saturated rings. The Morgan fingerprint density at radius 2 is 2.56 bits per heavy atom. The molecule has 0 N–H and O–H groups in total. The largest absolute Gasteiger partial charge is 0.376 e. The van der Waals surface area contributed by atoms with Crippen molar-refractivity contribution in [3.05, 3.63) is 29.3 Å². The third-order valence-corrected chi connectivity index (χ3v) is 1.82. The smallest absolute Gasteiger partial charge is 0.0809 e. The highest BCUT2D eigenvalue weighted by Crippen LogP contribution is 2.08. The molecule has 1 aromatic heterocycles. The monoisotopic (exact) mass is 141 g/mol. The van der Waals surface area contributed by atoms with Crippen LogP contribution in [0.2, 0.25) is 0 Å². The lowest BCUT2D eigenvalue weighted by Crippen LogP contribution is -1.87. The molecule has 0 amide bonds. The van der Waals surface area contributed by atoms with Gasteiger partial charge in [-0.1, -0.05) is 6.07 Å². The van der Waals surface area contributed by atoms with Crippen LogP contribution in [-0.2, 0) is 11.3 Å². The van der Waals surface area contributed by atoms with E-state index in [1.807, 2.05) is 11.4 Å². The van der Waals surface area contributed by atoms with E-state index in [1.54, 1.807) is 11.3 Å². The minimum absolute atomic E-state index is 0.553. The van der Waals surface area contributed by atoms with Gasteiger partial charge in [0.15, 0.2) is 0 Å². The topological polar surface area (TPSA) is 9.23 Å². The lowest BCUT2D eigenvalue weighted by molar-refractivity contribution is 0.149. The third kappa shape index (κ3) is 2.16. The molecule has 0 saturated heterocycles. The van der Waals surface area contributed by atoms with Crippen molar-refractivity contribution in [1.82, 2.24) is 0 Å². The SMILES string of the molecule is [CH2]COCc1cccs1. The Hall–Kier alpha value is -0.340. The van der Waals surface area contributed by atoms with E-state index < -0.39 is 0 Å². The summed E-state index contributed by atoms with van der Waals surface area (Å²) in [7, 11) is 0. The van der Waals surface area contributed by atoms with Crippen LogP contribution in [0, 0.1) is 6.92 Å². The van der Waals surface area contributed by atoms with Gasteiger partial charge in [0, 0.05) is 11.5 Å². The van der Waals surface area contributed by atoms with Crippen LogP contribution in [0.4, 0.5) is 0 Å². The molecular formula is C7H9OS. The molecule has 49 valence electrons. The summed E-state index contributed by atoms with van der Waals surface area (Å²) in [6.45, 7) is 4.83. The summed E-state index contributed by atoms with van der Waals surface area (Å²) in [6, 6.07) is 4.08. The highest BCUT2D eigenvalue weighted by molar-refractivity contribution is 7.09. The minimum Gasteiger partial charge on any atom is -0.376 e.